The molecule has 0 spiro atoms. The molecule has 0 bridgehead atoms. The minimum atomic E-state index is -0.324. The second-order valence-electron chi connectivity index (χ2n) is 8.03. The number of hydrogen-bond acceptors (Lipinski definition) is 3. The van der Waals surface area contributed by atoms with E-state index in [1.165, 1.54) is 12.1 Å². The van der Waals surface area contributed by atoms with Gasteiger partial charge in [0.1, 0.15) is 11.5 Å². The molecule has 1 amide bonds. The van der Waals surface area contributed by atoms with E-state index >= 15 is 0 Å². The SMILES string of the molecule is Cc1ccc(-c2nn(-c3ccc(F)cc3)cc2C(=O)Nc2ccccc2CN(C)C)cc1. The van der Waals surface area contributed by atoms with Crippen molar-refractivity contribution in [1.82, 2.24) is 14.7 Å². The molecule has 0 saturated heterocycles. The van der Waals surface area contributed by atoms with Crippen LogP contribution in [0, 0.1) is 12.7 Å². The fourth-order valence-corrected chi connectivity index (χ4v) is 3.50. The second kappa shape index (κ2) is 9.16. The smallest absolute Gasteiger partial charge is 0.259 e. The lowest BCUT2D eigenvalue weighted by atomic mass is 10.1. The van der Waals surface area contributed by atoms with E-state index in [0.29, 0.717) is 23.5 Å². The number of rotatable bonds is 6. The minimum Gasteiger partial charge on any atom is -0.322 e. The van der Waals surface area contributed by atoms with Crippen LogP contribution in [0.3, 0.4) is 0 Å². The highest BCUT2D eigenvalue weighted by Gasteiger charge is 2.20. The molecule has 0 unspecified atom stereocenters. The molecule has 0 radical (unpaired) electrons. The summed E-state index contributed by atoms with van der Waals surface area (Å²) in [5, 5.41) is 7.72. The summed E-state index contributed by atoms with van der Waals surface area (Å²) in [6, 6.07) is 21.6. The molecule has 4 aromatic rings. The van der Waals surface area contributed by atoms with E-state index in [1.807, 2.05) is 69.6 Å². The molecule has 32 heavy (non-hydrogen) atoms. The molecule has 0 aliphatic rings. The van der Waals surface area contributed by atoms with Gasteiger partial charge in [-0.2, -0.15) is 5.10 Å². The normalized spacial score (nSPS) is 11.0. The maximum absolute atomic E-state index is 13.4. The summed E-state index contributed by atoms with van der Waals surface area (Å²) in [6.45, 7) is 2.71. The number of hydrogen-bond donors (Lipinski definition) is 1. The minimum absolute atomic E-state index is 0.250. The summed E-state index contributed by atoms with van der Waals surface area (Å²) in [7, 11) is 3.97. The van der Waals surface area contributed by atoms with Gasteiger partial charge in [-0.25, -0.2) is 9.07 Å². The van der Waals surface area contributed by atoms with Gasteiger partial charge in [0, 0.05) is 24.0 Å². The topological polar surface area (TPSA) is 50.2 Å². The Bertz CT molecular complexity index is 1230. The number of carbonyl (C=O) groups excluding carboxylic acids is 1. The van der Waals surface area contributed by atoms with Crippen LogP contribution in [0.4, 0.5) is 10.1 Å². The van der Waals surface area contributed by atoms with Crippen molar-refractivity contribution in [2.45, 2.75) is 13.5 Å². The van der Waals surface area contributed by atoms with Gasteiger partial charge in [-0.05, 0) is 56.9 Å². The zero-order valence-electron chi connectivity index (χ0n) is 18.3. The molecule has 0 atom stereocenters. The highest BCUT2D eigenvalue weighted by Crippen LogP contribution is 2.26. The van der Waals surface area contributed by atoms with Gasteiger partial charge in [-0.1, -0.05) is 48.0 Å². The number of aromatic nitrogens is 2. The van der Waals surface area contributed by atoms with Crippen molar-refractivity contribution in [3.63, 3.8) is 0 Å². The molecule has 0 aliphatic heterocycles. The molecular formula is C26H25FN4O. The van der Waals surface area contributed by atoms with Gasteiger partial charge in [-0.3, -0.25) is 4.79 Å². The van der Waals surface area contributed by atoms with Crippen LogP contribution in [0.15, 0.2) is 79.0 Å². The predicted molar refractivity (Wildman–Crippen MR) is 125 cm³/mol. The van der Waals surface area contributed by atoms with Gasteiger partial charge in [0.05, 0.1) is 11.3 Å². The lowest BCUT2D eigenvalue weighted by Gasteiger charge is -2.14. The summed E-state index contributed by atoms with van der Waals surface area (Å²) < 4.78 is 15.0. The van der Waals surface area contributed by atoms with Crippen molar-refractivity contribution in [3.05, 3.63) is 102 Å². The predicted octanol–water partition coefficient (Wildman–Crippen LogP) is 5.30. The van der Waals surface area contributed by atoms with Gasteiger partial charge < -0.3 is 10.2 Å². The van der Waals surface area contributed by atoms with E-state index in [0.717, 1.165) is 22.4 Å². The second-order valence-corrected chi connectivity index (χ2v) is 8.03. The number of halogens is 1. The van der Waals surface area contributed by atoms with Crippen LogP contribution < -0.4 is 5.32 Å². The molecule has 1 N–H and O–H groups in total. The van der Waals surface area contributed by atoms with E-state index in [2.05, 4.69) is 15.3 Å². The standard InChI is InChI=1S/C26H25FN4O/c1-18-8-10-19(11-9-18)25-23(17-31(29-25)22-14-12-21(27)13-15-22)26(32)28-24-7-5-4-6-20(24)16-30(2)3/h4-15,17H,16H2,1-3H3,(H,28,32). The molecule has 162 valence electrons. The molecule has 3 aromatic carbocycles. The van der Waals surface area contributed by atoms with Crippen LogP contribution in [0.2, 0.25) is 0 Å². The van der Waals surface area contributed by atoms with Crippen LogP contribution in [0.1, 0.15) is 21.5 Å². The van der Waals surface area contributed by atoms with Crippen LogP contribution in [-0.4, -0.2) is 34.7 Å². The number of para-hydroxylation sites is 1. The number of benzene rings is 3. The number of nitrogens with one attached hydrogen (secondary N) is 1. The summed E-state index contributed by atoms with van der Waals surface area (Å²) in [4.78, 5) is 15.4. The Balaban J connectivity index is 1.74. The number of carbonyl (C=O) groups is 1. The van der Waals surface area contributed by atoms with Crippen molar-refractivity contribution < 1.29 is 9.18 Å². The third-order valence-electron chi connectivity index (χ3n) is 5.13. The van der Waals surface area contributed by atoms with Crippen LogP contribution >= 0.6 is 0 Å². The average molecular weight is 429 g/mol. The van der Waals surface area contributed by atoms with Crippen molar-refractivity contribution in [2.24, 2.45) is 0 Å². The van der Waals surface area contributed by atoms with E-state index in [-0.39, 0.29) is 11.7 Å². The van der Waals surface area contributed by atoms with Gasteiger partial charge in [-0.15, -0.1) is 0 Å². The maximum atomic E-state index is 13.4. The Labute approximate surface area is 187 Å². The fraction of sp³-hybridized carbons (Fsp3) is 0.154. The third kappa shape index (κ3) is 4.76. The first-order valence-electron chi connectivity index (χ1n) is 10.4. The summed E-state index contributed by atoms with van der Waals surface area (Å²) in [6.07, 6.45) is 1.69. The van der Waals surface area contributed by atoms with E-state index in [9.17, 15) is 9.18 Å². The number of amides is 1. The first-order valence-corrected chi connectivity index (χ1v) is 10.4. The van der Waals surface area contributed by atoms with Crippen LogP contribution in [-0.2, 0) is 6.54 Å². The van der Waals surface area contributed by atoms with Gasteiger partial charge in [0.25, 0.3) is 5.91 Å². The van der Waals surface area contributed by atoms with E-state index < -0.39 is 0 Å². The molecule has 0 aliphatic carbocycles. The summed E-state index contributed by atoms with van der Waals surface area (Å²) in [5.74, 6) is -0.574. The monoisotopic (exact) mass is 428 g/mol. The molecule has 4 rings (SSSR count). The van der Waals surface area contributed by atoms with E-state index in [4.69, 9.17) is 0 Å². The highest BCUT2D eigenvalue weighted by molar-refractivity contribution is 6.08. The van der Waals surface area contributed by atoms with Crippen molar-refractivity contribution in [1.29, 1.82) is 0 Å². The molecule has 1 aromatic heterocycles. The Morgan fingerprint density at radius 3 is 2.38 bits per heavy atom. The average Bonchev–Trinajstić information content (AvgIpc) is 3.21. The molecule has 6 heteroatoms. The van der Waals surface area contributed by atoms with Gasteiger partial charge in [0.15, 0.2) is 0 Å². The first kappa shape index (κ1) is 21.5. The Morgan fingerprint density at radius 1 is 1.00 bits per heavy atom. The Hall–Kier alpha value is -3.77. The maximum Gasteiger partial charge on any atom is 0.259 e. The highest BCUT2D eigenvalue weighted by atomic mass is 19.1. The van der Waals surface area contributed by atoms with Crippen molar-refractivity contribution in [3.8, 4) is 16.9 Å². The van der Waals surface area contributed by atoms with Crippen LogP contribution in [0.25, 0.3) is 16.9 Å². The van der Waals surface area contributed by atoms with Crippen molar-refractivity contribution >= 4 is 11.6 Å². The van der Waals surface area contributed by atoms with E-state index in [1.54, 1.807) is 23.0 Å². The van der Waals surface area contributed by atoms with Crippen molar-refractivity contribution in [2.75, 3.05) is 19.4 Å². The Morgan fingerprint density at radius 2 is 1.69 bits per heavy atom. The zero-order chi connectivity index (χ0) is 22.7. The molecule has 5 nitrogen and oxygen atoms in total. The van der Waals surface area contributed by atoms with Crippen LogP contribution in [0.5, 0.6) is 0 Å². The number of nitrogens with zero attached hydrogens (tertiary/aromatic N) is 3. The molecule has 0 saturated carbocycles. The van der Waals surface area contributed by atoms with Gasteiger partial charge in [0.2, 0.25) is 0 Å². The first-order chi connectivity index (χ1) is 15.4. The lowest BCUT2D eigenvalue weighted by Crippen LogP contribution is -2.17. The molecular weight excluding hydrogens is 403 g/mol. The lowest BCUT2D eigenvalue weighted by molar-refractivity contribution is 0.102. The largest absolute Gasteiger partial charge is 0.322 e. The quantitative estimate of drug-likeness (QED) is 0.453. The molecule has 0 fully saturated rings. The van der Waals surface area contributed by atoms with Gasteiger partial charge >= 0.3 is 0 Å². The fourth-order valence-electron chi connectivity index (χ4n) is 3.50. The number of aryl methyl sites for hydroxylation is 1. The zero-order valence-corrected chi connectivity index (χ0v) is 18.3. The molecule has 1 heterocycles. The summed E-state index contributed by atoms with van der Waals surface area (Å²) >= 11 is 0. The summed E-state index contributed by atoms with van der Waals surface area (Å²) in [5.41, 5.74) is 5.42. The Kier molecular flexibility index (Phi) is 6.14. The third-order valence-corrected chi connectivity index (χ3v) is 5.13. The number of anilines is 1.